The highest BCUT2D eigenvalue weighted by atomic mass is 127. The lowest BCUT2D eigenvalue weighted by Crippen LogP contribution is -2.45. The van der Waals surface area contributed by atoms with Crippen LogP contribution >= 0.6 is 24.0 Å². The van der Waals surface area contributed by atoms with Gasteiger partial charge in [-0.05, 0) is 39.2 Å². The standard InChI is InChI=1S/C18H33N5O.HI/c1-5-19-18(20-9-11-23-10-7-6-8-15(23)4)21-13-16-12-17(14(2)3)22-24-16;/h12,14-15H,5-11,13H2,1-4H3,(H2,19,20,21);1H. The zero-order valence-corrected chi connectivity index (χ0v) is 18.4. The highest BCUT2D eigenvalue weighted by Crippen LogP contribution is 2.15. The monoisotopic (exact) mass is 463 g/mol. The zero-order valence-electron chi connectivity index (χ0n) is 16.0. The molecular weight excluding hydrogens is 429 g/mol. The van der Waals surface area contributed by atoms with Crippen LogP contribution in [-0.4, -0.2) is 48.2 Å². The second-order valence-corrected chi connectivity index (χ2v) is 6.88. The van der Waals surface area contributed by atoms with E-state index in [1.807, 2.05) is 6.07 Å². The Labute approximate surface area is 169 Å². The summed E-state index contributed by atoms with van der Waals surface area (Å²) in [5, 5.41) is 10.8. The van der Waals surface area contributed by atoms with Gasteiger partial charge in [0.2, 0.25) is 0 Å². The minimum Gasteiger partial charge on any atom is -0.359 e. The van der Waals surface area contributed by atoms with Crippen molar-refractivity contribution in [1.29, 1.82) is 0 Å². The van der Waals surface area contributed by atoms with Crippen molar-refractivity contribution >= 4 is 29.9 Å². The van der Waals surface area contributed by atoms with Crippen molar-refractivity contribution in [3.8, 4) is 0 Å². The number of nitrogens with one attached hydrogen (secondary N) is 2. The fraction of sp³-hybridized carbons (Fsp3) is 0.778. The summed E-state index contributed by atoms with van der Waals surface area (Å²) in [6.07, 6.45) is 4.00. The molecule has 0 aromatic carbocycles. The van der Waals surface area contributed by atoms with Gasteiger partial charge in [-0.2, -0.15) is 0 Å². The summed E-state index contributed by atoms with van der Waals surface area (Å²) in [7, 11) is 0. The molecule has 0 saturated carbocycles. The van der Waals surface area contributed by atoms with Crippen LogP contribution in [0.2, 0.25) is 0 Å². The van der Waals surface area contributed by atoms with Crippen molar-refractivity contribution in [3.63, 3.8) is 0 Å². The molecule has 6 nitrogen and oxygen atoms in total. The SMILES string of the molecule is CCNC(=NCc1cc(C(C)C)no1)NCCN1CCCCC1C.I. The van der Waals surface area contributed by atoms with E-state index in [1.165, 1.54) is 25.8 Å². The topological polar surface area (TPSA) is 65.7 Å². The Morgan fingerprint density at radius 2 is 2.20 bits per heavy atom. The van der Waals surface area contributed by atoms with E-state index in [9.17, 15) is 0 Å². The fourth-order valence-electron chi connectivity index (χ4n) is 2.98. The summed E-state index contributed by atoms with van der Waals surface area (Å²) in [5.41, 5.74) is 0.984. The van der Waals surface area contributed by atoms with Crippen molar-refractivity contribution in [2.24, 2.45) is 4.99 Å². The minimum absolute atomic E-state index is 0. The van der Waals surface area contributed by atoms with Crippen molar-refractivity contribution in [1.82, 2.24) is 20.7 Å². The molecule has 1 aliphatic rings. The van der Waals surface area contributed by atoms with Crippen LogP contribution < -0.4 is 10.6 Å². The second kappa shape index (κ2) is 11.7. The van der Waals surface area contributed by atoms with E-state index < -0.39 is 0 Å². The summed E-state index contributed by atoms with van der Waals surface area (Å²) in [6, 6.07) is 2.69. The molecule has 0 spiro atoms. The molecule has 2 rings (SSSR count). The van der Waals surface area contributed by atoms with Gasteiger partial charge in [-0.15, -0.1) is 24.0 Å². The van der Waals surface area contributed by atoms with Gasteiger partial charge in [0.05, 0.1) is 5.69 Å². The largest absolute Gasteiger partial charge is 0.359 e. The fourth-order valence-corrected chi connectivity index (χ4v) is 2.98. The van der Waals surface area contributed by atoms with Gasteiger partial charge in [0.25, 0.3) is 0 Å². The van der Waals surface area contributed by atoms with E-state index in [0.29, 0.717) is 18.5 Å². The molecule has 144 valence electrons. The van der Waals surface area contributed by atoms with Crippen LogP contribution in [0.3, 0.4) is 0 Å². The molecule has 1 saturated heterocycles. The smallest absolute Gasteiger partial charge is 0.191 e. The number of piperidine rings is 1. The molecule has 1 aliphatic heterocycles. The van der Waals surface area contributed by atoms with Crippen molar-refractivity contribution < 1.29 is 4.52 Å². The molecule has 25 heavy (non-hydrogen) atoms. The van der Waals surface area contributed by atoms with Gasteiger partial charge in [0.15, 0.2) is 11.7 Å². The first kappa shape index (κ1) is 22.2. The van der Waals surface area contributed by atoms with E-state index >= 15 is 0 Å². The number of hydrogen-bond acceptors (Lipinski definition) is 4. The molecule has 1 unspecified atom stereocenters. The highest BCUT2D eigenvalue weighted by Gasteiger charge is 2.17. The van der Waals surface area contributed by atoms with Gasteiger partial charge in [-0.25, -0.2) is 4.99 Å². The van der Waals surface area contributed by atoms with Gasteiger partial charge >= 0.3 is 0 Å². The number of aliphatic imine (C=N–C) groups is 1. The summed E-state index contributed by atoms with van der Waals surface area (Å²) >= 11 is 0. The van der Waals surface area contributed by atoms with Gasteiger partial charge in [0.1, 0.15) is 6.54 Å². The first-order valence-electron chi connectivity index (χ1n) is 9.31. The Morgan fingerprint density at radius 1 is 1.40 bits per heavy atom. The molecular formula is C18H34IN5O. The average molecular weight is 463 g/mol. The first-order chi connectivity index (χ1) is 11.6. The van der Waals surface area contributed by atoms with E-state index in [1.54, 1.807) is 0 Å². The van der Waals surface area contributed by atoms with E-state index in [2.05, 4.69) is 53.4 Å². The highest BCUT2D eigenvalue weighted by molar-refractivity contribution is 14.0. The van der Waals surface area contributed by atoms with Gasteiger partial charge in [-0.3, -0.25) is 4.90 Å². The Balaban J connectivity index is 0.00000312. The Hall–Kier alpha value is -0.830. The molecule has 1 fully saturated rings. The lowest BCUT2D eigenvalue weighted by molar-refractivity contribution is 0.163. The molecule has 0 aliphatic carbocycles. The summed E-state index contributed by atoms with van der Waals surface area (Å²) in [4.78, 5) is 7.16. The normalized spacial score (nSPS) is 18.9. The predicted octanol–water partition coefficient (Wildman–Crippen LogP) is 3.35. The molecule has 1 atom stereocenters. The average Bonchev–Trinajstić information content (AvgIpc) is 3.03. The van der Waals surface area contributed by atoms with E-state index in [-0.39, 0.29) is 24.0 Å². The van der Waals surface area contributed by atoms with Crippen LogP contribution in [0.5, 0.6) is 0 Å². The van der Waals surface area contributed by atoms with Crippen LogP contribution in [0.15, 0.2) is 15.6 Å². The van der Waals surface area contributed by atoms with Crippen molar-refractivity contribution in [2.75, 3.05) is 26.2 Å². The molecule has 1 aromatic rings. The number of nitrogens with zero attached hydrogens (tertiary/aromatic N) is 3. The third-order valence-corrected chi connectivity index (χ3v) is 4.54. The molecule has 0 radical (unpaired) electrons. The molecule has 1 aromatic heterocycles. The van der Waals surface area contributed by atoms with E-state index in [4.69, 9.17) is 4.52 Å². The summed E-state index contributed by atoms with van der Waals surface area (Å²) in [6.45, 7) is 13.2. The van der Waals surface area contributed by atoms with E-state index in [0.717, 1.165) is 37.0 Å². The van der Waals surface area contributed by atoms with Gasteiger partial charge in [0, 0.05) is 31.7 Å². The molecule has 0 bridgehead atoms. The second-order valence-electron chi connectivity index (χ2n) is 6.88. The number of hydrogen-bond donors (Lipinski definition) is 2. The summed E-state index contributed by atoms with van der Waals surface area (Å²) < 4.78 is 5.35. The lowest BCUT2D eigenvalue weighted by atomic mass is 10.0. The van der Waals surface area contributed by atoms with Crippen LogP contribution in [0, 0.1) is 0 Å². The molecule has 2 heterocycles. The number of aromatic nitrogens is 1. The maximum atomic E-state index is 5.35. The van der Waals surface area contributed by atoms with Crippen LogP contribution in [0.1, 0.15) is 64.3 Å². The number of likely N-dealkylation sites (tertiary alicyclic amines) is 1. The zero-order chi connectivity index (χ0) is 17.4. The lowest BCUT2D eigenvalue weighted by Gasteiger charge is -2.33. The van der Waals surface area contributed by atoms with Crippen LogP contribution in [0.25, 0.3) is 0 Å². The quantitative estimate of drug-likeness (QED) is 0.369. The first-order valence-corrected chi connectivity index (χ1v) is 9.31. The molecule has 0 amide bonds. The number of halogens is 1. The molecule has 2 N–H and O–H groups in total. The third-order valence-electron chi connectivity index (χ3n) is 4.54. The summed E-state index contributed by atoms with van der Waals surface area (Å²) in [5.74, 6) is 2.02. The van der Waals surface area contributed by atoms with Crippen molar-refractivity contribution in [2.45, 2.75) is 65.5 Å². The number of guanidine groups is 1. The van der Waals surface area contributed by atoms with Gasteiger partial charge < -0.3 is 15.2 Å². The van der Waals surface area contributed by atoms with Crippen LogP contribution in [-0.2, 0) is 6.54 Å². The Bertz CT molecular complexity index is 517. The Kier molecular flexibility index (Phi) is 10.4. The maximum Gasteiger partial charge on any atom is 0.191 e. The maximum absolute atomic E-state index is 5.35. The number of rotatable bonds is 7. The predicted molar refractivity (Wildman–Crippen MR) is 114 cm³/mol. The van der Waals surface area contributed by atoms with Gasteiger partial charge in [-0.1, -0.05) is 25.4 Å². The third kappa shape index (κ3) is 7.52. The van der Waals surface area contributed by atoms with Crippen LogP contribution in [0.4, 0.5) is 0 Å². The van der Waals surface area contributed by atoms with Crippen molar-refractivity contribution in [3.05, 3.63) is 17.5 Å². The Morgan fingerprint density at radius 3 is 2.84 bits per heavy atom. The minimum atomic E-state index is 0. The molecule has 7 heteroatoms.